The van der Waals surface area contributed by atoms with Gasteiger partial charge in [0.15, 0.2) is 0 Å². The molecule has 0 aliphatic heterocycles. The largest absolute Gasteiger partial charge is 0.466 e. The first-order chi connectivity index (χ1) is 27.2. The molecule has 0 spiro atoms. The van der Waals surface area contributed by atoms with Crippen molar-refractivity contribution in [3.8, 4) is 0 Å². The summed E-state index contributed by atoms with van der Waals surface area (Å²) < 4.78 is 17.0. The van der Waals surface area contributed by atoms with Crippen LogP contribution in [0.5, 0.6) is 0 Å². The van der Waals surface area contributed by atoms with Crippen LogP contribution in [0.3, 0.4) is 0 Å². The summed E-state index contributed by atoms with van der Waals surface area (Å²) in [6, 6.07) is 0. The molecule has 0 fully saturated rings. The van der Waals surface area contributed by atoms with Gasteiger partial charge < -0.3 is 19.1 Å². The van der Waals surface area contributed by atoms with E-state index in [9.17, 15) is 14.4 Å². The fraction of sp³-hybridized carbons (Fsp3) is 0.939. The molecule has 0 aliphatic carbocycles. The average molecular weight is 794 g/mol. The highest BCUT2D eigenvalue weighted by molar-refractivity contribution is 5.70. The van der Waals surface area contributed by atoms with Crippen molar-refractivity contribution in [2.24, 2.45) is 11.8 Å². The van der Waals surface area contributed by atoms with Crippen molar-refractivity contribution >= 4 is 17.9 Å². The zero-order valence-electron chi connectivity index (χ0n) is 38.3. The summed E-state index contributed by atoms with van der Waals surface area (Å²) in [5, 5.41) is 0. The van der Waals surface area contributed by atoms with E-state index >= 15 is 0 Å². The molecule has 0 atom stereocenters. The first-order valence-electron chi connectivity index (χ1n) is 24.4. The lowest BCUT2D eigenvalue weighted by atomic mass is 9.91. The summed E-state index contributed by atoms with van der Waals surface area (Å²) in [6.45, 7) is 11.1. The van der Waals surface area contributed by atoms with E-state index in [-0.39, 0.29) is 24.0 Å². The molecule has 0 aliphatic rings. The summed E-state index contributed by atoms with van der Waals surface area (Å²) in [4.78, 5) is 39.2. The quantitative estimate of drug-likeness (QED) is 0.0345. The van der Waals surface area contributed by atoms with E-state index in [1.54, 1.807) is 0 Å². The minimum absolute atomic E-state index is 0.0195. The van der Waals surface area contributed by atoms with Gasteiger partial charge in [-0.05, 0) is 103 Å². The molecule has 7 heteroatoms. The Balaban J connectivity index is 4.20. The van der Waals surface area contributed by atoms with Crippen molar-refractivity contribution in [3.05, 3.63) is 0 Å². The Bertz CT molecular complexity index is 807. The Morgan fingerprint density at radius 3 is 1.12 bits per heavy atom. The van der Waals surface area contributed by atoms with Gasteiger partial charge in [0.2, 0.25) is 0 Å². The summed E-state index contributed by atoms with van der Waals surface area (Å²) in [5.74, 6) is 1.51. The second-order valence-corrected chi connectivity index (χ2v) is 17.4. The molecule has 0 saturated carbocycles. The Morgan fingerprint density at radius 2 is 0.732 bits per heavy atom. The molecule has 0 aromatic heterocycles. The molecular weight excluding hydrogens is 699 g/mol. The van der Waals surface area contributed by atoms with Gasteiger partial charge in [0.05, 0.1) is 13.2 Å². The lowest BCUT2D eigenvalue weighted by molar-refractivity contribution is -0.150. The highest BCUT2D eigenvalue weighted by Gasteiger charge is 2.15. The predicted molar refractivity (Wildman–Crippen MR) is 237 cm³/mol. The van der Waals surface area contributed by atoms with Gasteiger partial charge in [-0.2, -0.15) is 0 Å². The van der Waals surface area contributed by atoms with Gasteiger partial charge >= 0.3 is 17.9 Å². The van der Waals surface area contributed by atoms with Crippen molar-refractivity contribution in [2.45, 2.75) is 252 Å². The maximum absolute atomic E-state index is 12.6. The second kappa shape index (κ2) is 41.5. The highest BCUT2D eigenvalue weighted by Crippen LogP contribution is 2.24. The molecule has 0 radical (unpaired) electrons. The van der Waals surface area contributed by atoms with Gasteiger partial charge in [0.25, 0.3) is 0 Å². The van der Waals surface area contributed by atoms with E-state index in [1.165, 1.54) is 89.9 Å². The highest BCUT2D eigenvalue weighted by atomic mass is 16.5. The third kappa shape index (κ3) is 37.9. The van der Waals surface area contributed by atoms with Crippen LogP contribution in [0, 0.1) is 11.8 Å². The minimum atomic E-state index is -0.0746. The maximum Gasteiger partial charge on any atom is 0.306 e. The van der Waals surface area contributed by atoms with E-state index in [4.69, 9.17) is 14.2 Å². The molecule has 0 bridgehead atoms. The molecule has 0 heterocycles. The Labute approximate surface area is 348 Å². The molecule has 0 aromatic rings. The van der Waals surface area contributed by atoms with Crippen LogP contribution in [0.15, 0.2) is 0 Å². The number of carbonyl (C=O) groups is 3. The molecular formula is C49H95NO6. The normalized spacial score (nSPS) is 11.7. The zero-order valence-corrected chi connectivity index (χ0v) is 38.3. The van der Waals surface area contributed by atoms with Gasteiger partial charge in [0, 0.05) is 19.3 Å². The van der Waals surface area contributed by atoms with Crippen molar-refractivity contribution in [1.82, 2.24) is 4.90 Å². The number of carbonyl (C=O) groups excluding carboxylic acids is 3. The van der Waals surface area contributed by atoms with Crippen LogP contribution in [0.4, 0.5) is 0 Å². The number of nitrogens with zero attached hydrogens (tertiary/aromatic N) is 1. The number of hydrogen-bond donors (Lipinski definition) is 0. The molecule has 0 amide bonds. The standard InChI is InChI=1S/C49H95NO6/c1-7-11-30-44(31-12-8-2)34-25-27-42-54-47(51)38-23-19-15-17-21-36-46(56-49(53)40-29-41-50(5)6)37-22-18-16-20-24-39-48(52)55-43-28-26-35-45(32-13-9-3)33-14-10-4/h44-46H,7-43H2,1-6H3. The first kappa shape index (κ1) is 54.4. The second-order valence-electron chi connectivity index (χ2n) is 17.4. The molecule has 0 saturated heterocycles. The van der Waals surface area contributed by atoms with E-state index in [0.717, 1.165) is 128 Å². The number of unbranched alkanes of at least 4 members (excludes halogenated alkanes) is 14. The molecule has 0 unspecified atom stereocenters. The Kier molecular flexibility index (Phi) is 40.3. The van der Waals surface area contributed by atoms with E-state index < -0.39 is 0 Å². The zero-order chi connectivity index (χ0) is 41.3. The lowest BCUT2D eigenvalue weighted by Crippen LogP contribution is -2.20. The summed E-state index contributed by atoms with van der Waals surface area (Å²) >= 11 is 0. The Hall–Kier alpha value is -1.63. The maximum atomic E-state index is 12.6. The van der Waals surface area contributed by atoms with E-state index in [2.05, 4.69) is 32.6 Å². The predicted octanol–water partition coefficient (Wildman–Crippen LogP) is 14.1. The third-order valence-electron chi connectivity index (χ3n) is 11.5. The molecule has 56 heavy (non-hydrogen) atoms. The van der Waals surface area contributed by atoms with Gasteiger partial charge in [-0.25, -0.2) is 0 Å². The smallest absolute Gasteiger partial charge is 0.306 e. The van der Waals surface area contributed by atoms with E-state index in [0.29, 0.717) is 32.5 Å². The van der Waals surface area contributed by atoms with Crippen LogP contribution in [-0.2, 0) is 28.6 Å². The molecule has 0 rings (SSSR count). The topological polar surface area (TPSA) is 82.1 Å². The number of rotatable bonds is 43. The fourth-order valence-electron chi connectivity index (χ4n) is 7.81. The summed E-state index contributed by atoms with van der Waals surface area (Å²) in [5.41, 5.74) is 0. The molecule has 0 aromatic carbocycles. The third-order valence-corrected chi connectivity index (χ3v) is 11.5. The molecule has 7 nitrogen and oxygen atoms in total. The average Bonchev–Trinajstić information content (AvgIpc) is 3.17. The van der Waals surface area contributed by atoms with Crippen LogP contribution in [0.2, 0.25) is 0 Å². The molecule has 0 N–H and O–H groups in total. The monoisotopic (exact) mass is 794 g/mol. The first-order valence-corrected chi connectivity index (χ1v) is 24.4. The number of ether oxygens (including phenoxy) is 3. The summed E-state index contributed by atoms with van der Waals surface area (Å²) in [7, 11) is 4.06. The number of esters is 3. The number of hydrogen-bond acceptors (Lipinski definition) is 7. The van der Waals surface area contributed by atoms with Crippen LogP contribution < -0.4 is 0 Å². The van der Waals surface area contributed by atoms with Crippen LogP contribution in [0.1, 0.15) is 246 Å². The van der Waals surface area contributed by atoms with Crippen molar-refractivity contribution in [1.29, 1.82) is 0 Å². The SMILES string of the molecule is CCCCC(CCCC)CCCCOC(=O)CCCCCCCC(CCCCCCCC(=O)OCCCCC(CCCC)CCCC)OC(=O)CCCN(C)C. The van der Waals surface area contributed by atoms with Crippen LogP contribution in [0.25, 0.3) is 0 Å². The van der Waals surface area contributed by atoms with Gasteiger partial charge in [-0.15, -0.1) is 0 Å². The van der Waals surface area contributed by atoms with Gasteiger partial charge in [-0.3, -0.25) is 14.4 Å². The minimum Gasteiger partial charge on any atom is -0.466 e. The van der Waals surface area contributed by atoms with Crippen molar-refractivity contribution in [3.63, 3.8) is 0 Å². The fourth-order valence-corrected chi connectivity index (χ4v) is 7.81. The van der Waals surface area contributed by atoms with Crippen LogP contribution in [-0.4, -0.2) is 62.8 Å². The van der Waals surface area contributed by atoms with Gasteiger partial charge in [-0.1, -0.05) is 156 Å². The summed E-state index contributed by atoms with van der Waals surface area (Å²) in [6.07, 6.45) is 37.0. The van der Waals surface area contributed by atoms with Crippen molar-refractivity contribution < 1.29 is 28.6 Å². The van der Waals surface area contributed by atoms with Crippen LogP contribution >= 0.6 is 0 Å². The Morgan fingerprint density at radius 1 is 0.393 bits per heavy atom. The van der Waals surface area contributed by atoms with E-state index in [1.807, 2.05) is 14.1 Å². The van der Waals surface area contributed by atoms with Crippen molar-refractivity contribution in [2.75, 3.05) is 33.9 Å². The van der Waals surface area contributed by atoms with Gasteiger partial charge in [0.1, 0.15) is 6.10 Å². The molecule has 332 valence electrons. The lowest BCUT2D eigenvalue weighted by Gasteiger charge is -2.18.